The van der Waals surface area contributed by atoms with Crippen LogP contribution in [0.2, 0.25) is 10.0 Å². The summed E-state index contributed by atoms with van der Waals surface area (Å²) in [6, 6.07) is 7.59. The number of benzene rings is 1. The average molecular weight is 436 g/mol. The molecule has 0 bridgehead atoms. The number of hydrogen-bond acceptors (Lipinski definition) is 4. The van der Waals surface area contributed by atoms with E-state index in [1.54, 1.807) is 12.4 Å². The van der Waals surface area contributed by atoms with Crippen LogP contribution in [-0.4, -0.2) is 36.8 Å². The van der Waals surface area contributed by atoms with Crippen molar-refractivity contribution in [2.75, 3.05) is 13.2 Å². The Morgan fingerprint density at radius 1 is 1.18 bits per heavy atom. The van der Waals surface area contributed by atoms with Crippen molar-refractivity contribution in [2.24, 2.45) is 0 Å². The molecule has 3 rings (SSSR count). The molecule has 1 saturated heterocycles. The summed E-state index contributed by atoms with van der Waals surface area (Å²) in [5.41, 5.74) is 1.86. The number of carbonyl (C=O) groups excluding carboxylic acids is 1. The van der Waals surface area contributed by atoms with Crippen molar-refractivity contribution in [1.82, 2.24) is 4.98 Å². The van der Waals surface area contributed by atoms with Crippen molar-refractivity contribution in [2.45, 2.75) is 31.5 Å². The fraction of sp³-hybridized carbons (Fsp3) is 0.368. The third-order valence-corrected chi connectivity index (χ3v) is 4.39. The van der Waals surface area contributed by atoms with Gasteiger partial charge in [0.1, 0.15) is 18.1 Å². The Labute approximate surface area is 170 Å². The van der Waals surface area contributed by atoms with E-state index in [0.717, 1.165) is 37.2 Å². The zero-order valence-corrected chi connectivity index (χ0v) is 16.2. The van der Waals surface area contributed by atoms with Gasteiger partial charge in [0.25, 0.3) is 0 Å². The summed E-state index contributed by atoms with van der Waals surface area (Å²) in [6.07, 6.45) is -0.526. The number of halogens is 5. The van der Waals surface area contributed by atoms with Crippen molar-refractivity contribution in [3.05, 3.63) is 46.7 Å². The van der Waals surface area contributed by atoms with Gasteiger partial charge in [-0.1, -0.05) is 29.3 Å². The molecule has 0 atom stereocenters. The number of carbonyl (C=O) groups is 1. The molecule has 28 heavy (non-hydrogen) atoms. The minimum atomic E-state index is -4.32. The van der Waals surface area contributed by atoms with E-state index >= 15 is 0 Å². The topological polar surface area (TPSA) is 48.4 Å². The maximum atomic E-state index is 10.8. The molecule has 0 saturated carbocycles. The zero-order chi connectivity index (χ0) is 20.6. The van der Waals surface area contributed by atoms with E-state index in [2.05, 4.69) is 4.98 Å². The third-order valence-electron chi connectivity index (χ3n) is 3.79. The molecule has 0 N–H and O–H groups in total. The Bertz CT molecular complexity index is 781. The predicted octanol–water partition coefficient (Wildman–Crippen LogP) is 5.75. The van der Waals surface area contributed by atoms with Crippen LogP contribution in [0.3, 0.4) is 0 Å². The van der Waals surface area contributed by atoms with Gasteiger partial charge in [0.05, 0.1) is 29.7 Å². The number of aromatic nitrogens is 1. The number of rotatable bonds is 4. The van der Waals surface area contributed by atoms with E-state index in [1.165, 1.54) is 0 Å². The number of alkyl halides is 3. The monoisotopic (exact) mass is 435 g/mol. The summed E-state index contributed by atoms with van der Waals surface area (Å²) < 4.78 is 43.7. The van der Waals surface area contributed by atoms with Gasteiger partial charge in [-0.05, 0) is 23.8 Å². The van der Waals surface area contributed by atoms with Gasteiger partial charge in [0.15, 0.2) is 0 Å². The molecular formula is C19H18Cl2F3NO3. The number of aldehydes is 1. The fourth-order valence-electron chi connectivity index (χ4n) is 2.44. The van der Waals surface area contributed by atoms with Gasteiger partial charge in [-0.25, -0.2) is 0 Å². The molecule has 152 valence electrons. The highest BCUT2D eigenvalue weighted by molar-refractivity contribution is 6.34. The maximum Gasteiger partial charge on any atom is 0.395 e. The summed E-state index contributed by atoms with van der Waals surface area (Å²) in [7, 11) is 0. The molecule has 0 aliphatic carbocycles. The van der Waals surface area contributed by atoms with E-state index in [9.17, 15) is 13.2 Å². The van der Waals surface area contributed by atoms with Crippen LogP contribution in [0.15, 0.2) is 36.7 Å². The molecule has 0 spiro atoms. The van der Waals surface area contributed by atoms with Gasteiger partial charge in [0, 0.05) is 30.8 Å². The summed E-state index contributed by atoms with van der Waals surface area (Å²) in [5.74, 6) is 0.706. The second-order valence-electron chi connectivity index (χ2n) is 5.92. The molecule has 2 heterocycles. The summed E-state index contributed by atoms with van der Waals surface area (Å²) >= 11 is 12.5. The van der Waals surface area contributed by atoms with Crippen LogP contribution in [0, 0.1) is 0 Å². The highest BCUT2D eigenvalue weighted by atomic mass is 35.5. The number of pyridine rings is 1. The van der Waals surface area contributed by atoms with Crippen molar-refractivity contribution >= 4 is 29.5 Å². The normalized spacial score (nSPS) is 14.8. The number of hydrogen-bond donors (Lipinski definition) is 0. The molecule has 1 aromatic carbocycles. The first kappa shape index (κ1) is 22.5. The van der Waals surface area contributed by atoms with Crippen molar-refractivity contribution in [3.63, 3.8) is 0 Å². The lowest BCUT2D eigenvalue weighted by Crippen LogP contribution is -2.25. The second kappa shape index (κ2) is 10.6. The van der Waals surface area contributed by atoms with E-state index < -0.39 is 12.6 Å². The van der Waals surface area contributed by atoms with Gasteiger partial charge in [-0.15, -0.1) is 0 Å². The standard InChI is InChI=1S/C16H15Cl2NO2.C3H3F3O/c17-14-9-11(13-3-6-19-10-15(13)18)1-2-16(14)21-12-4-7-20-8-5-12;4-3(5,6)1-2-7/h1-3,6,9-10,12H,4-5,7-8H2;2H,1H2. The highest BCUT2D eigenvalue weighted by Gasteiger charge is 2.25. The van der Waals surface area contributed by atoms with E-state index in [4.69, 9.17) is 37.5 Å². The summed E-state index contributed by atoms with van der Waals surface area (Å²) in [5, 5.41) is 1.19. The maximum absolute atomic E-state index is 10.8. The Balaban J connectivity index is 0.000000345. The Hall–Kier alpha value is -1.83. The molecule has 1 aliphatic heterocycles. The molecular weight excluding hydrogens is 418 g/mol. The van der Waals surface area contributed by atoms with Crippen molar-refractivity contribution < 1.29 is 27.4 Å². The second-order valence-corrected chi connectivity index (χ2v) is 6.73. The molecule has 0 radical (unpaired) electrons. The molecule has 1 aromatic heterocycles. The molecule has 1 fully saturated rings. The summed E-state index contributed by atoms with van der Waals surface area (Å²) in [6.45, 7) is 1.49. The van der Waals surface area contributed by atoms with E-state index in [1.807, 2.05) is 24.3 Å². The van der Waals surface area contributed by atoms with Crippen molar-refractivity contribution in [1.29, 1.82) is 0 Å². The largest absolute Gasteiger partial charge is 0.489 e. The van der Waals surface area contributed by atoms with Gasteiger partial charge >= 0.3 is 6.18 Å². The number of ether oxygens (including phenoxy) is 2. The van der Waals surface area contributed by atoms with E-state index in [-0.39, 0.29) is 12.4 Å². The number of nitrogens with zero attached hydrogens (tertiary/aromatic N) is 1. The van der Waals surface area contributed by atoms with Crippen molar-refractivity contribution in [3.8, 4) is 16.9 Å². The first-order chi connectivity index (χ1) is 13.3. The quantitative estimate of drug-likeness (QED) is 0.573. The Morgan fingerprint density at radius 2 is 1.89 bits per heavy atom. The van der Waals surface area contributed by atoms with Crippen LogP contribution in [0.25, 0.3) is 11.1 Å². The van der Waals surface area contributed by atoms with Gasteiger partial charge < -0.3 is 14.3 Å². The minimum Gasteiger partial charge on any atom is -0.489 e. The van der Waals surface area contributed by atoms with Crippen LogP contribution >= 0.6 is 23.2 Å². The first-order valence-corrected chi connectivity index (χ1v) is 9.20. The lowest BCUT2D eigenvalue weighted by Gasteiger charge is -2.24. The summed E-state index contributed by atoms with van der Waals surface area (Å²) in [4.78, 5) is 13.1. The lowest BCUT2D eigenvalue weighted by atomic mass is 10.1. The fourth-order valence-corrected chi connectivity index (χ4v) is 2.89. The molecule has 2 aromatic rings. The van der Waals surface area contributed by atoms with Crippen LogP contribution < -0.4 is 4.74 Å². The lowest BCUT2D eigenvalue weighted by molar-refractivity contribution is -0.144. The van der Waals surface area contributed by atoms with Crippen LogP contribution in [0.5, 0.6) is 5.75 Å². The molecule has 0 amide bonds. The third kappa shape index (κ3) is 7.30. The molecule has 9 heteroatoms. The molecule has 4 nitrogen and oxygen atoms in total. The van der Waals surface area contributed by atoms with E-state index in [0.29, 0.717) is 15.8 Å². The van der Waals surface area contributed by atoms with Crippen LogP contribution in [0.1, 0.15) is 19.3 Å². The smallest absolute Gasteiger partial charge is 0.395 e. The first-order valence-electron chi connectivity index (χ1n) is 8.44. The molecule has 1 aliphatic rings. The van der Waals surface area contributed by atoms with Gasteiger partial charge in [0.2, 0.25) is 0 Å². The van der Waals surface area contributed by atoms with Gasteiger partial charge in [-0.3, -0.25) is 4.98 Å². The Morgan fingerprint density at radius 3 is 2.43 bits per heavy atom. The van der Waals surface area contributed by atoms with Crippen LogP contribution in [0.4, 0.5) is 13.2 Å². The average Bonchev–Trinajstić information content (AvgIpc) is 2.64. The SMILES string of the molecule is Clc1cc(-c2ccncc2Cl)ccc1OC1CCOCC1.O=CCC(F)(F)F. The molecule has 0 unspecified atom stereocenters. The Kier molecular flexibility index (Phi) is 8.54. The van der Waals surface area contributed by atoms with Gasteiger partial charge in [-0.2, -0.15) is 13.2 Å². The predicted molar refractivity (Wildman–Crippen MR) is 101 cm³/mol. The van der Waals surface area contributed by atoms with Crippen LogP contribution in [-0.2, 0) is 9.53 Å². The zero-order valence-electron chi connectivity index (χ0n) is 14.7. The highest BCUT2D eigenvalue weighted by Crippen LogP contribution is 2.34. The minimum absolute atomic E-state index is 0.167.